The molecule has 3 nitrogen and oxygen atoms in total. The Morgan fingerprint density at radius 2 is 1.93 bits per heavy atom. The summed E-state index contributed by atoms with van der Waals surface area (Å²) >= 11 is 0. The molecule has 2 N–H and O–H groups in total. The Hall–Kier alpha value is -2.03. The van der Waals surface area contributed by atoms with Gasteiger partial charge in [0.1, 0.15) is 5.76 Å². The van der Waals surface area contributed by atoms with E-state index in [1.165, 1.54) is 0 Å². The Bertz CT molecular complexity index is 432. The van der Waals surface area contributed by atoms with E-state index in [9.17, 15) is 0 Å². The molecule has 0 saturated carbocycles. The first-order chi connectivity index (χ1) is 6.84. The predicted octanol–water partition coefficient (Wildman–Crippen LogP) is 2.43. The lowest BCUT2D eigenvalue weighted by molar-refractivity contribution is 0.571. The van der Waals surface area contributed by atoms with Crippen LogP contribution >= 0.6 is 0 Å². The standard InChI is InChI=1S/C11H10N2O/c12-11-13-8-10(14-11)7-6-9-4-2-1-3-5-9/h1-8H,(H2,12,13). The summed E-state index contributed by atoms with van der Waals surface area (Å²) in [6.45, 7) is 0. The van der Waals surface area contributed by atoms with E-state index in [1.807, 2.05) is 42.5 Å². The highest BCUT2D eigenvalue weighted by molar-refractivity contribution is 5.67. The zero-order valence-corrected chi connectivity index (χ0v) is 7.55. The third-order valence-electron chi connectivity index (χ3n) is 1.78. The monoisotopic (exact) mass is 186 g/mol. The number of nitrogen functional groups attached to an aromatic ring is 1. The van der Waals surface area contributed by atoms with Crippen molar-refractivity contribution in [1.82, 2.24) is 4.98 Å². The molecule has 0 aliphatic rings. The van der Waals surface area contributed by atoms with Gasteiger partial charge in [-0.1, -0.05) is 36.4 Å². The first kappa shape index (κ1) is 8.56. The summed E-state index contributed by atoms with van der Waals surface area (Å²) in [6.07, 6.45) is 5.37. The molecule has 0 aliphatic heterocycles. The van der Waals surface area contributed by atoms with E-state index in [-0.39, 0.29) is 6.01 Å². The summed E-state index contributed by atoms with van der Waals surface area (Å²) in [6, 6.07) is 10.1. The molecule has 0 atom stereocenters. The van der Waals surface area contributed by atoms with Gasteiger partial charge in [0.2, 0.25) is 0 Å². The fourth-order valence-corrected chi connectivity index (χ4v) is 1.12. The van der Waals surface area contributed by atoms with Gasteiger partial charge in [0.15, 0.2) is 0 Å². The maximum atomic E-state index is 5.34. The van der Waals surface area contributed by atoms with Crippen LogP contribution in [0.1, 0.15) is 11.3 Å². The average Bonchev–Trinajstić information content (AvgIpc) is 2.63. The van der Waals surface area contributed by atoms with E-state index in [2.05, 4.69) is 4.98 Å². The van der Waals surface area contributed by atoms with E-state index in [0.717, 1.165) is 5.56 Å². The fourth-order valence-electron chi connectivity index (χ4n) is 1.12. The van der Waals surface area contributed by atoms with Crippen LogP contribution in [0, 0.1) is 0 Å². The van der Waals surface area contributed by atoms with Crippen molar-refractivity contribution in [2.75, 3.05) is 5.73 Å². The van der Waals surface area contributed by atoms with Gasteiger partial charge in [-0.15, -0.1) is 0 Å². The van der Waals surface area contributed by atoms with Gasteiger partial charge in [0.05, 0.1) is 6.20 Å². The predicted molar refractivity (Wildman–Crippen MR) is 56.3 cm³/mol. The Kier molecular flexibility index (Phi) is 2.32. The molecular formula is C11H10N2O. The molecule has 70 valence electrons. The molecule has 1 heterocycles. The lowest BCUT2D eigenvalue weighted by Crippen LogP contribution is -1.79. The van der Waals surface area contributed by atoms with Crippen molar-refractivity contribution >= 4 is 18.2 Å². The van der Waals surface area contributed by atoms with Crippen LogP contribution in [0.15, 0.2) is 40.9 Å². The minimum absolute atomic E-state index is 0.192. The van der Waals surface area contributed by atoms with Crippen LogP contribution < -0.4 is 5.73 Å². The molecule has 0 aliphatic carbocycles. The normalized spacial score (nSPS) is 10.9. The van der Waals surface area contributed by atoms with Crippen LogP contribution in [0.4, 0.5) is 6.01 Å². The zero-order chi connectivity index (χ0) is 9.80. The molecule has 0 fully saturated rings. The quantitative estimate of drug-likeness (QED) is 0.783. The van der Waals surface area contributed by atoms with Crippen LogP contribution in [0.3, 0.4) is 0 Å². The van der Waals surface area contributed by atoms with Crippen LogP contribution in [0.5, 0.6) is 0 Å². The third-order valence-corrected chi connectivity index (χ3v) is 1.78. The lowest BCUT2D eigenvalue weighted by Gasteiger charge is -1.89. The molecule has 0 spiro atoms. The van der Waals surface area contributed by atoms with Gasteiger partial charge < -0.3 is 10.2 Å². The van der Waals surface area contributed by atoms with Crippen molar-refractivity contribution in [2.24, 2.45) is 0 Å². The molecule has 0 bridgehead atoms. The number of benzene rings is 1. The van der Waals surface area contributed by atoms with Gasteiger partial charge >= 0.3 is 0 Å². The van der Waals surface area contributed by atoms with Crippen LogP contribution in [0.25, 0.3) is 12.2 Å². The first-order valence-corrected chi connectivity index (χ1v) is 4.29. The van der Waals surface area contributed by atoms with Crippen molar-refractivity contribution < 1.29 is 4.42 Å². The SMILES string of the molecule is Nc1ncc(C=Cc2ccccc2)o1. The molecular weight excluding hydrogens is 176 g/mol. The molecule has 0 unspecified atom stereocenters. The zero-order valence-electron chi connectivity index (χ0n) is 7.55. The number of hydrogen-bond donors (Lipinski definition) is 1. The molecule has 1 aromatic heterocycles. The Balaban J connectivity index is 2.15. The number of nitrogens with two attached hydrogens (primary N) is 1. The van der Waals surface area contributed by atoms with Crippen LogP contribution in [-0.2, 0) is 0 Å². The highest BCUT2D eigenvalue weighted by Gasteiger charge is 1.94. The number of aromatic nitrogens is 1. The Morgan fingerprint density at radius 1 is 1.14 bits per heavy atom. The van der Waals surface area contributed by atoms with Crippen LogP contribution in [0.2, 0.25) is 0 Å². The van der Waals surface area contributed by atoms with E-state index in [1.54, 1.807) is 6.20 Å². The second kappa shape index (κ2) is 3.79. The molecule has 2 rings (SSSR count). The number of hydrogen-bond acceptors (Lipinski definition) is 3. The summed E-state index contributed by atoms with van der Waals surface area (Å²) in [4.78, 5) is 3.79. The van der Waals surface area contributed by atoms with E-state index in [0.29, 0.717) is 5.76 Å². The molecule has 2 aromatic rings. The van der Waals surface area contributed by atoms with Gasteiger partial charge in [0.25, 0.3) is 6.01 Å². The van der Waals surface area contributed by atoms with Gasteiger partial charge in [-0.25, -0.2) is 4.98 Å². The highest BCUT2D eigenvalue weighted by Crippen LogP contribution is 2.09. The van der Waals surface area contributed by atoms with E-state index >= 15 is 0 Å². The highest BCUT2D eigenvalue weighted by atomic mass is 16.4. The summed E-state index contributed by atoms with van der Waals surface area (Å²) in [7, 11) is 0. The Labute approximate surface area is 81.9 Å². The summed E-state index contributed by atoms with van der Waals surface area (Å²) in [5.41, 5.74) is 6.45. The third kappa shape index (κ3) is 2.01. The maximum Gasteiger partial charge on any atom is 0.292 e. The second-order valence-corrected chi connectivity index (χ2v) is 2.84. The van der Waals surface area contributed by atoms with Gasteiger partial charge in [-0.3, -0.25) is 0 Å². The number of nitrogens with zero attached hydrogens (tertiary/aromatic N) is 1. The van der Waals surface area contributed by atoms with Gasteiger partial charge in [-0.2, -0.15) is 0 Å². The Morgan fingerprint density at radius 3 is 2.57 bits per heavy atom. The molecule has 0 amide bonds. The molecule has 14 heavy (non-hydrogen) atoms. The number of anilines is 1. The number of rotatable bonds is 2. The minimum Gasteiger partial charge on any atom is -0.424 e. The topological polar surface area (TPSA) is 52.0 Å². The van der Waals surface area contributed by atoms with Crippen molar-refractivity contribution in [3.63, 3.8) is 0 Å². The molecule has 0 radical (unpaired) electrons. The largest absolute Gasteiger partial charge is 0.424 e. The average molecular weight is 186 g/mol. The van der Waals surface area contributed by atoms with Crippen molar-refractivity contribution in [3.8, 4) is 0 Å². The summed E-state index contributed by atoms with van der Waals surface area (Å²) in [5.74, 6) is 0.659. The van der Waals surface area contributed by atoms with Crippen LogP contribution in [-0.4, -0.2) is 4.98 Å². The van der Waals surface area contributed by atoms with Crippen molar-refractivity contribution in [1.29, 1.82) is 0 Å². The van der Waals surface area contributed by atoms with Gasteiger partial charge in [-0.05, 0) is 11.6 Å². The number of oxazole rings is 1. The van der Waals surface area contributed by atoms with Gasteiger partial charge in [0, 0.05) is 0 Å². The molecule has 1 aromatic carbocycles. The maximum absolute atomic E-state index is 5.34. The summed E-state index contributed by atoms with van der Waals surface area (Å²) in [5, 5.41) is 0. The fraction of sp³-hybridized carbons (Fsp3) is 0. The minimum atomic E-state index is 0.192. The lowest BCUT2D eigenvalue weighted by atomic mass is 10.2. The van der Waals surface area contributed by atoms with E-state index < -0.39 is 0 Å². The smallest absolute Gasteiger partial charge is 0.292 e. The summed E-state index contributed by atoms with van der Waals surface area (Å²) < 4.78 is 5.09. The molecule has 3 heteroatoms. The van der Waals surface area contributed by atoms with Crippen molar-refractivity contribution in [2.45, 2.75) is 0 Å². The molecule has 0 saturated heterocycles. The van der Waals surface area contributed by atoms with E-state index in [4.69, 9.17) is 10.2 Å². The first-order valence-electron chi connectivity index (χ1n) is 4.29. The van der Waals surface area contributed by atoms with Crippen molar-refractivity contribution in [3.05, 3.63) is 47.9 Å². The second-order valence-electron chi connectivity index (χ2n) is 2.84.